The Morgan fingerprint density at radius 1 is 1.08 bits per heavy atom. The van der Waals surface area contributed by atoms with Crippen LogP contribution < -0.4 is 15.0 Å². The summed E-state index contributed by atoms with van der Waals surface area (Å²) in [7, 11) is 0. The van der Waals surface area contributed by atoms with Crippen LogP contribution in [0.4, 0.5) is 10.5 Å². The predicted octanol–water partition coefficient (Wildman–Crippen LogP) is 3.25. The van der Waals surface area contributed by atoms with E-state index in [1.54, 1.807) is 0 Å². The van der Waals surface area contributed by atoms with Crippen LogP contribution in [-0.2, 0) is 0 Å². The molecule has 0 spiro atoms. The first-order valence-electron chi connectivity index (χ1n) is 9.19. The molecule has 0 radical (unpaired) electrons. The summed E-state index contributed by atoms with van der Waals surface area (Å²) in [5.74, 6) is 0.906. The Balaban J connectivity index is 1.48. The number of nitrogens with one attached hydrogen (secondary N) is 1. The highest BCUT2D eigenvalue weighted by Gasteiger charge is 2.24. The van der Waals surface area contributed by atoms with Gasteiger partial charge in [-0.3, -0.25) is 0 Å². The van der Waals surface area contributed by atoms with Crippen molar-refractivity contribution < 1.29 is 9.53 Å². The van der Waals surface area contributed by atoms with Crippen molar-refractivity contribution >= 4 is 11.7 Å². The number of amides is 2. The van der Waals surface area contributed by atoms with Crippen molar-refractivity contribution in [2.45, 2.75) is 51.7 Å². The minimum absolute atomic E-state index is 0.113. The highest BCUT2D eigenvalue weighted by molar-refractivity contribution is 5.75. The third-order valence-corrected chi connectivity index (χ3v) is 4.82. The lowest BCUT2D eigenvalue weighted by Gasteiger charge is -2.36. The number of hydrogen-bond acceptors (Lipinski definition) is 3. The molecule has 1 N–H and O–H groups in total. The summed E-state index contributed by atoms with van der Waals surface area (Å²) in [6.07, 6.45) is 4.95. The summed E-state index contributed by atoms with van der Waals surface area (Å²) in [6, 6.07) is 8.76. The first-order chi connectivity index (χ1) is 11.6. The van der Waals surface area contributed by atoms with Crippen molar-refractivity contribution in [3.05, 3.63) is 24.3 Å². The molecule has 1 saturated carbocycles. The van der Waals surface area contributed by atoms with E-state index in [-0.39, 0.29) is 12.1 Å². The second-order valence-corrected chi connectivity index (χ2v) is 7.07. The minimum atomic E-state index is 0.113. The van der Waals surface area contributed by atoms with Crippen molar-refractivity contribution in [2.24, 2.45) is 0 Å². The second kappa shape index (κ2) is 7.77. The Morgan fingerprint density at radius 3 is 2.29 bits per heavy atom. The van der Waals surface area contributed by atoms with Crippen molar-refractivity contribution in [3.8, 4) is 5.75 Å². The van der Waals surface area contributed by atoms with Crippen molar-refractivity contribution in [2.75, 3.05) is 31.1 Å². The highest BCUT2D eigenvalue weighted by atomic mass is 16.5. The third kappa shape index (κ3) is 4.34. The van der Waals surface area contributed by atoms with E-state index < -0.39 is 0 Å². The topological polar surface area (TPSA) is 44.8 Å². The van der Waals surface area contributed by atoms with Crippen LogP contribution in [0.15, 0.2) is 24.3 Å². The fourth-order valence-electron chi connectivity index (χ4n) is 3.51. The van der Waals surface area contributed by atoms with Gasteiger partial charge in [0.05, 0.1) is 6.10 Å². The van der Waals surface area contributed by atoms with Crippen molar-refractivity contribution in [1.82, 2.24) is 10.2 Å². The second-order valence-electron chi connectivity index (χ2n) is 7.07. The number of nitrogens with zero attached hydrogens (tertiary/aromatic N) is 2. The Kier molecular flexibility index (Phi) is 5.48. The van der Waals surface area contributed by atoms with E-state index in [2.05, 4.69) is 22.3 Å². The Morgan fingerprint density at radius 2 is 1.71 bits per heavy atom. The van der Waals surface area contributed by atoms with Crippen molar-refractivity contribution in [1.29, 1.82) is 0 Å². The van der Waals surface area contributed by atoms with Gasteiger partial charge in [-0.15, -0.1) is 0 Å². The van der Waals surface area contributed by atoms with Gasteiger partial charge in [-0.05, 0) is 51.0 Å². The molecule has 24 heavy (non-hydrogen) atoms. The molecular weight excluding hydrogens is 302 g/mol. The molecule has 1 aromatic carbocycles. The maximum atomic E-state index is 12.3. The standard InChI is InChI=1S/C19H29N3O2/c1-15(2)24-18-9-7-17(8-10-18)21-11-13-22(14-12-21)19(23)20-16-5-3-4-6-16/h7-10,15-16H,3-6,11-14H2,1-2H3,(H,20,23). The van der Waals surface area contributed by atoms with Gasteiger partial charge in [0.15, 0.2) is 0 Å². The van der Waals surface area contributed by atoms with E-state index in [0.717, 1.165) is 44.8 Å². The monoisotopic (exact) mass is 331 g/mol. The van der Waals surface area contributed by atoms with E-state index in [1.807, 2.05) is 30.9 Å². The van der Waals surface area contributed by atoms with Crippen LogP contribution in [0.25, 0.3) is 0 Å². The molecule has 132 valence electrons. The van der Waals surface area contributed by atoms with E-state index in [9.17, 15) is 4.79 Å². The maximum absolute atomic E-state index is 12.3. The SMILES string of the molecule is CC(C)Oc1ccc(N2CCN(C(=O)NC3CCCC3)CC2)cc1. The van der Waals surface area contributed by atoms with Gasteiger partial charge >= 0.3 is 6.03 Å². The molecule has 1 aliphatic heterocycles. The average Bonchev–Trinajstić information content (AvgIpc) is 3.08. The smallest absolute Gasteiger partial charge is 0.317 e. The van der Waals surface area contributed by atoms with E-state index in [0.29, 0.717) is 6.04 Å². The number of carbonyl (C=O) groups is 1. The summed E-state index contributed by atoms with van der Waals surface area (Å²) in [4.78, 5) is 16.6. The van der Waals surface area contributed by atoms with Crippen LogP contribution in [0, 0.1) is 0 Å². The predicted molar refractivity (Wildman–Crippen MR) is 96.8 cm³/mol. The summed E-state index contributed by atoms with van der Waals surface area (Å²) in [5.41, 5.74) is 1.20. The first-order valence-corrected chi connectivity index (χ1v) is 9.19. The van der Waals surface area contributed by atoms with Gasteiger partial charge in [0.25, 0.3) is 0 Å². The first kappa shape index (κ1) is 16.9. The Labute approximate surface area is 145 Å². The van der Waals surface area contributed by atoms with E-state index in [1.165, 1.54) is 18.5 Å². The quantitative estimate of drug-likeness (QED) is 0.921. The Hall–Kier alpha value is -1.91. The molecule has 2 fully saturated rings. The summed E-state index contributed by atoms with van der Waals surface area (Å²) in [5, 5.41) is 3.18. The number of benzene rings is 1. The molecule has 2 amide bonds. The number of ether oxygens (including phenoxy) is 1. The number of carbonyl (C=O) groups excluding carboxylic acids is 1. The zero-order valence-corrected chi connectivity index (χ0v) is 14.8. The lowest BCUT2D eigenvalue weighted by Crippen LogP contribution is -2.53. The molecule has 0 atom stereocenters. The average molecular weight is 331 g/mol. The van der Waals surface area contributed by atoms with E-state index >= 15 is 0 Å². The van der Waals surface area contributed by atoms with Crippen LogP contribution in [0.5, 0.6) is 5.75 Å². The molecule has 3 rings (SSSR count). The molecule has 1 aromatic rings. The molecule has 1 saturated heterocycles. The molecule has 5 heteroatoms. The third-order valence-electron chi connectivity index (χ3n) is 4.82. The van der Waals surface area contributed by atoms with Gasteiger partial charge in [0, 0.05) is 37.9 Å². The molecule has 1 aliphatic carbocycles. The number of urea groups is 1. The van der Waals surface area contributed by atoms with E-state index in [4.69, 9.17) is 4.74 Å². The van der Waals surface area contributed by atoms with Gasteiger partial charge < -0.3 is 19.9 Å². The maximum Gasteiger partial charge on any atom is 0.317 e. The molecule has 0 bridgehead atoms. The van der Waals surface area contributed by atoms with Gasteiger partial charge in [0.2, 0.25) is 0 Å². The van der Waals surface area contributed by atoms with Crippen LogP contribution >= 0.6 is 0 Å². The fourth-order valence-corrected chi connectivity index (χ4v) is 3.51. The molecule has 1 heterocycles. The van der Waals surface area contributed by atoms with Crippen LogP contribution in [0.1, 0.15) is 39.5 Å². The lowest BCUT2D eigenvalue weighted by atomic mass is 10.2. The normalized spacial score (nSPS) is 19.0. The number of anilines is 1. The fraction of sp³-hybridized carbons (Fsp3) is 0.632. The molecule has 2 aliphatic rings. The van der Waals surface area contributed by atoms with Gasteiger partial charge in [0.1, 0.15) is 5.75 Å². The van der Waals surface area contributed by atoms with Gasteiger partial charge in [-0.25, -0.2) is 4.79 Å². The zero-order valence-electron chi connectivity index (χ0n) is 14.8. The highest BCUT2D eigenvalue weighted by Crippen LogP contribution is 2.22. The minimum Gasteiger partial charge on any atom is -0.491 e. The van der Waals surface area contributed by atoms with Gasteiger partial charge in [-0.1, -0.05) is 12.8 Å². The molecular formula is C19H29N3O2. The zero-order chi connectivity index (χ0) is 16.9. The number of piperazine rings is 1. The summed E-state index contributed by atoms with van der Waals surface area (Å²) >= 11 is 0. The van der Waals surface area contributed by atoms with Gasteiger partial charge in [-0.2, -0.15) is 0 Å². The van der Waals surface area contributed by atoms with Crippen molar-refractivity contribution in [3.63, 3.8) is 0 Å². The largest absolute Gasteiger partial charge is 0.491 e. The lowest BCUT2D eigenvalue weighted by molar-refractivity contribution is 0.190. The Bertz CT molecular complexity index is 530. The number of rotatable bonds is 4. The number of hydrogen-bond donors (Lipinski definition) is 1. The summed E-state index contributed by atoms with van der Waals surface area (Å²) in [6.45, 7) is 7.38. The van der Waals surface area contributed by atoms with Crippen LogP contribution in [0.2, 0.25) is 0 Å². The molecule has 0 unspecified atom stereocenters. The van der Waals surface area contributed by atoms with Crippen LogP contribution in [-0.4, -0.2) is 49.3 Å². The van der Waals surface area contributed by atoms with Crippen LogP contribution in [0.3, 0.4) is 0 Å². The summed E-state index contributed by atoms with van der Waals surface area (Å²) < 4.78 is 5.69. The molecule has 0 aromatic heterocycles. The molecule has 5 nitrogen and oxygen atoms in total.